The molecule has 3 rings (SSSR count). The van der Waals surface area contributed by atoms with Crippen LogP contribution in [-0.2, 0) is 9.63 Å². The SMILES string of the molecule is CNC(=O)C(=NOC)c1ccccc1C(O)c1nc2ccccc2o1. The topological polar surface area (TPSA) is 97.0 Å². The molecule has 1 heterocycles. The first kappa shape index (κ1) is 16.7. The summed E-state index contributed by atoms with van der Waals surface area (Å²) in [5.41, 5.74) is 2.14. The van der Waals surface area contributed by atoms with E-state index in [0.717, 1.165) is 0 Å². The second-order valence-corrected chi connectivity index (χ2v) is 5.21. The molecule has 0 spiro atoms. The van der Waals surface area contributed by atoms with Crippen molar-refractivity contribution in [3.8, 4) is 0 Å². The van der Waals surface area contributed by atoms with Crippen LogP contribution in [0.3, 0.4) is 0 Å². The molecule has 2 N–H and O–H groups in total. The van der Waals surface area contributed by atoms with Crippen LogP contribution in [0.15, 0.2) is 58.1 Å². The van der Waals surface area contributed by atoms with E-state index in [-0.39, 0.29) is 11.6 Å². The summed E-state index contributed by atoms with van der Waals surface area (Å²) in [6.45, 7) is 0. The number of likely N-dealkylation sites (N-methyl/N-ethyl adjacent to an activating group) is 1. The lowest BCUT2D eigenvalue weighted by Gasteiger charge is -2.13. The standard InChI is InChI=1S/C18H17N3O4/c1-19-17(23)15(21-24-2)11-7-3-4-8-12(11)16(22)18-20-13-9-5-6-10-14(13)25-18/h3-10,16,22H,1-2H3,(H,19,23). The molecule has 1 aromatic heterocycles. The van der Waals surface area contributed by atoms with Gasteiger partial charge in [-0.25, -0.2) is 4.98 Å². The van der Waals surface area contributed by atoms with Gasteiger partial charge in [-0.1, -0.05) is 41.6 Å². The predicted molar refractivity (Wildman–Crippen MR) is 92.1 cm³/mol. The number of amides is 1. The number of oxime groups is 1. The van der Waals surface area contributed by atoms with Gasteiger partial charge in [0, 0.05) is 12.6 Å². The quantitative estimate of drug-likeness (QED) is 0.547. The summed E-state index contributed by atoms with van der Waals surface area (Å²) in [6.07, 6.45) is -1.16. The zero-order valence-electron chi connectivity index (χ0n) is 13.8. The van der Waals surface area contributed by atoms with Crippen LogP contribution in [0, 0.1) is 0 Å². The molecule has 0 aliphatic carbocycles. The highest BCUT2D eigenvalue weighted by Gasteiger charge is 2.25. The molecule has 0 saturated heterocycles. The van der Waals surface area contributed by atoms with Gasteiger partial charge in [-0.05, 0) is 17.7 Å². The lowest BCUT2D eigenvalue weighted by atomic mass is 9.98. The van der Waals surface area contributed by atoms with Crippen LogP contribution in [0.5, 0.6) is 0 Å². The number of nitrogens with zero attached hydrogens (tertiary/aromatic N) is 2. The first-order valence-corrected chi connectivity index (χ1v) is 7.61. The molecular formula is C18H17N3O4. The third-order valence-electron chi connectivity index (χ3n) is 3.68. The minimum Gasteiger partial charge on any atom is -0.437 e. The van der Waals surface area contributed by atoms with E-state index in [9.17, 15) is 9.90 Å². The van der Waals surface area contributed by atoms with Gasteiger partial charge in [-0.15, -0.1) is 0 Å². The molecule has 0 fully saturated rings. The van der Waals surface area contributed by atoms with Crippen molar-refractivity contribution in [2.75, 3.05) is 14.2 Å². The van der Waals surface area contributed by atoms with Crippen LogP contribution < -0.4 is 5.32 Å². The van der Waals surface area contributed by atoms with Crippen molar-refractivity contribution >= 4 is 22.7 Å². The van der Waals surface area contributed by atoms with E-state index in [1.807, 2.05) is 12.1 Å². The first-order valence-electron chi connectivity index (χ1n) is 7.61. The molecule has 0 aliphatic rings. The van der Waals surface area contributed by atoms with E-state index < -0.39 is 12.0 Å². The number of aromatic nitrogens is 1. The number of carbonyl (C=O) groups is 1. The molecule has 1 unspecified atom stereocenters. The Morgan fingerprint density at radius 1 is 1.24 bits per heavy atom. The minimum absolute atomic E-state index is 0.0516. The van der Waals surface area contributed by atoms with Crippen molar-refractivity contribution in [1.82, 2.24) is 10.3 Å². The fourth-order valence-corrected chi connectivity index (χ4v) is 2.51. The Labute approximate surface area is 143 Å². The molecule has 7 nitrogen and oxygen atoms in total. The number of aliphatic hydroxyl groups excluding tert-OH is 1. The van der Waals surface area contributed by atoms with Crippen molar-refractivity contribution in [2.45, 2.75) is 6.10 Å². The number of oxazole rings is 1. The van der Waals surface area contributed by atoms with Gasteiger partial charge in [0.15, 0.2) is 17.4 Å². The van der Waals surface area contributed by atoms with Gasteiger partial charge in [-0.2, -0.15) is 0 Å². The molecule has 0 aliphatic heterocycles. The Kier molecular flexibility index (Phi) is 4.76. The minimum atomic E-state index is -1.16. The Morgan fingerprint density at radius 2 is 1.96 bits per heavy atom. The predicted octanol–water partition coefficient (Wildman–Crippen LogP) is 2.01. The average Bonchev–Trinajstić information content (AvgIpc) is 3.09. The van der Waals surface area contributed by atoms with Crippen molar-refractivity contribution in [3.05, 3.63) is 65.5 Å². The highest BCUT2D eigenvalue weighted by molar-refractivity contribution is 6.45. The van der Waals surface area contributed by atoms with E-state index in [1.54, 1.807) is 36.4 Å². The van der Waals surface area contributed by atoms with E-state index in [1.165, 1.54) is 14.2 Å². The van der Waals surface area contributed by atoms with Crippen molar-refractivity contribution in [1.29, 1.82) is 0 Å². The van der Waals surface area contributed by atoms with Crippen LogP contribution in [-0.4, -0.2) is 35.9 Å². The lowest BCUT2D eigenvalue weighted by Crippen LogP contribution is -2.29. The highest BCUT2D eigenvalue weighted by atomic mass is 16.6. The number of benzene rings is 2. The van der Waals surface area contributed by atoms with Gasteiger partial charge < -0.3 is 19.7 Å². The molecule has 128 valence electrons. The maximum atomic E-state index is 12.1. The molecule has 0 radical (unpaired) electrons. The largest absolute Gasteiger partial charge is 0.437 e. The lowest BCUT2D eigenvalue weighted by molar-refractivity contribution is -0.114. The number of aliphatic hydroxyl groups is 1. The van der Waals surface area contributed by atoms with E-state index >= 15 is 0 Å². The number of fused-ring (bicyclic) bond motifs is 1. The zero-order valence-corrected chi connectivity index (χ0v) is 13.8. The fourth-order valence-electron chi connectivity index (χ4n) is 2.51. The summed E-state index contributed by atoms with van der Waals surface area (Å²) in [5, 5.41) is 17.1. The monoisotopic (exact) mass is 339 g/mol. The average molecular weight is 339 g/mol. The number of nitrogens with one attached hydrogen (secondary N) is 1. The maximum absolute atomic E-state index is 12.1. The van der Waals surface area contributed by atoms with Crippen molar-refractivity contribution in [2.24, 2.45) is 5.16 Å². The van der Waals surface area contributed by atoms with E-state index in [4.69, 9.17) is 9.25 Å². The molecular weight excluding hydrogens is 322 g/mol. The van der Waals surface area contributed by atoms with Gasteiger partial charge >= 0.3 is 0 Å². The third-order valence-corrected chi connectivity index (χ3v) is 3.68. The van der Waals surface area contributed by atoms with Crippen molar-refractivity contribution in [3.63, 3.8) is 0 Å². The number of carbonyl (C=O) groups excluding carboxylic acids is 1. The number of hydrogen-bond donors (Lipinski definition) is 2. The van der Waals surface area contributed by atoms with Crippen LogP contribution in [0.25, 0.3) is 11.1 Å². The smallest absolute Gasteiger partial charge is 0.273 e. The molecule has 7 heteroatoms. The molecule has 1 atom stereocenters. The normalized spacial score (nSPS) is 12.8. The van der Waals surface area contributed by atoms with Crippen molar-refractivity contribution < 1.29 is 19.2 Å². The van der Waals surface area contributed by atoms with Gasteiger partial charge in [0.05, 0.1) is 0 Å². The van der Waals surface area contributed by atoms with Gasteiger partial charge in [0.2, 0.25) is 5.89 Å². The second-order valence-electron chi connectivity index (χ2n) is 5.21. The summed E-state index contributed by atoms with van der Waals surface area (Å²) in [6, 6.07) is 14.1. The third kappa shape index (κ3) is 3.22. The molecule has 3 aromatic rings. The molecule has 0 bridgehead atoms. The van der Waals surface area contributed by atoms with Gasteiger partial charge in [0.25, 0.3) is 5.91 Å². The first-order chi connectivity index (χ1) is 12.2. The summed E-state index contributed by atoms with van der Waals surface area (Å²) in [4.78, 5) is 21.2. The summed E-state index contributed by atoms with van der Waals surface area (Å²) in [7, 11) is 2.84. The van der Waals surface area contributed by atoms with Crippen LogP contribution in [0.2, 0.25) is 0 Å². The second kappa shape index (κ2) is 7.14. The summed E-state index contributed by atoms with van der Waals surface area (Å²) in [5.74, 6) is -0.290. The number of rotatable bonds is 5. The molecule has 0 saturated carbocycles. The Hall–Kier alpha value is -3.19. The molecule has 2 aromatic carbocycles. The summed E-state index contributed by atoms with van der Waals surface area (Å²) < 4.78 is 5.63. The van der Waals surface area contributed by atoms with Crippen LogP contribution in [0.1, 0.15) is 23.1 Å². The van der Waals surface area contributed by atoms with Gasteiger partial charge in [-0.3, -0.25) is 4.79 Å². The Balaban J connectivity index is 2.07. The van der Waals surface area contributed by atoms with Crippen LogP contribution >= 0.6 is 0 Å². The highest BCUT2D eigenvalue weighted by Crippen LogP contribution is 2.27. The zero-order chi connectivity index (χ0) is 17.8. The molecule has 25 heavy (non-hydrogen) atoms. The Bertz CT molecular complexity index is 900. The van der Waals surface area contributed by atoms with E-state index in [0.29, 0.717) is 22.2 Å². The van der Waals surface area contributed by atoms with Crippen LogP contribution in [0.4, 0.5) is 0 Å². The maximum Gasteiger partial charge on any atom is 0.273 e. The Morgan fingerprint density at radius 3 is 2.68 bits per heavy atom. The van der Waals surface area contributed by atoms with Gasteiger partial charge in [0.1, 0.15) is 12.6 Å². The molecule has 1 amide bonds. The fraction of sp³-hybridized carbons (Fsp3) is 0.167. The summed E-state index contributed by atoms with van der Waals surface area (Å²) >= 11 is 0. The number of para-hydroxylation sites is 2. The van der Waals surface area contributed by atoms with E-state index in [2.05, 4.69) is 15.5 Å². The number of hydrogen-bond acceptors (Lipinski definition) is 6.